The molecule has 20 heavy (non-hydrogen) atoms. The summed E-state index contributed by atoms with van der Waals surface area (Å²) in [4.78, 5) is 14.8. The minimum atomic E-state index is -0.442. The highest BCUT2D eigenvalue weighted by atomic mass is 79.9. The lowest BCUT2D eigenvalue weighted by molar-refractivity contribution is -0.385. The van der Waals surface area contributed by atoms with Crippen LogP contribution in [0.3, 0.4) is 0 Å². The minimum absolute atomic E-state index is 0.0473. The van der Waals surface area contributed by atoms with Crippen molar-refractivity contribution >= 4 is 21.6 Å². The second kappa shape index (κ2) is 6.00. The Kier molecular flexibility index (Phi) is 4.34. The van der Waals surface area contributed by atoms with E-state index in [1.807, 2.05) is 19.1 Å². The maximum atomic E-state index is 11.1. The number of nitro groups is 1. The number of hydrogen-bond donors (Lipinski definition) is 0. The zero-order valence-electron chi connectivity index (χ0n) is 11.1. The molecule has 1 aromatic carbocycles. The van der Waals surface area contributed by atoms with Gasteiger partial charge in [0.1, 0.15) is 0 Å². The first-order valence-corrected chi connectivity index (χ1v) is 7.08. The fourth-order valence-electron chi connectivity index (χ4n) is 1.86. The van der Waals surface area contributed by atoms with E-state index >= 15 is 0 Å². The maximum absolute atomic E-state index is 11.1. The van der Waals surface area contributed by atoms with Gasteiger partial charge in [0.05, 0.1) is 4.92 Å². The van der Waals surface area contributed by atoms with E-state index in [0.29, 0.717) is 16.8 Å². The summed E-state index contributed by atoms with van der Waals surface area (Å²) < 4.78 is 5.59. The largest absolute Gasteiger partial charge is 0.432 e. The van der Waals surface area contributed by atoms with Gasteiger partial charge in [-0.1, -0.05) is 28.1 Å². The van der Waals surface area contributed by atoms with Gasteiger partial charge < -0.3 is 4.74 Å². The smallest absolute Gasteiger partial charge is 0.312 e. The number of nitrogens with zero attached hydrogens (tertiary/aromatic N) is 2. The van der Waals surface area contributed by atoms with Crippen molar-refractivity contribution in [2.45, 2.75) is 19.2 Å². The van der Waals surface area contributed by atoms with E-state index in [0.717, 1.165) is 11.1 Å². The number of benzene rings is 1. The molecule has 0 unspecified atom stereocenters. The third-order valence-corrected chi connectivity index (χ3v) is 3.40. The van der Waals surface area contributed by atoms with Gasteiger partial charge in [0.25, 0.3) is 0 Å². The van der Waals surface area contributed by atoms with Crippen LogP contribution in [0.1, 0.15) is 16.7 Å². The van der Waals surface area contributed by atoms with Crippen LogP contribution in [0.25, 0.3) is 0 Å². The predicted molar refractivity (Wildman–Crippen MR) is 79.5 cm³/mol. The molecule has 0 aliphatic heterocycles. The first kappa shape index (κ1) is 14.5. The number of rotatable bonds is 4. The molecule has 2 aromatic rings. The molecule has 5 nitrogen and oxygen atoms in total. The Labute approximate surface area is 124 Å². The summed E-state index contributed by atoms with van der Waals surface area (Å²) in [6.45, 7) is 3.59. The van der Waals surface area contributed by atoms with Gasteiger partial charge in [-0.25, -0.2) is 4.98 Å². The zero-order valence-corrected chi connectivity index (χ0v) is 12.7. The number of halogens is 1. The van der Waals surface area contributed by atoms with Crippen LogP contribution in [0.4, 0.5) is 5.69 Å². The summed E-state index contributed by atoms with van der Waals surface area (Å²) in [6, 6.07) is 6.89. The Bertz CT molecular complexity index is 642. The second-order valence-electron chi connectivity index (χ2n) is 4.43. The van der Waals surface area contributed by atoms with Crippen molar-refractivity contribution in [1.29, 1.82) is 0 Å². The summed E-state index contributed by atoms with van der Waals surface area (Å²) >= 11 is 3.33. The second-order valence-corrected chi connectivity index (χ2v) is 4.99. The third kappa shape index (κ3) is 3.14. The van der Waals surface area contributed by atoms with Crippen LogP contribution in [0, 0.1) is 24.0 Å². The van der Waals surface area contributed by atoms with Crippen LogP contribution >= 0.6 is 15.9 Å². The van der Waals surface area contributed by atoms with Crippen LogP contribution in [0.15, 0.2) is 30.5 Å². The Morgan fingerprint density at radius 3 is 2.65 bits per heavy atom. The van der Waals surface area contributed by atoms with Crippen molar-refractivity contribution in [3.05, 3.63) is 57.3 Å². The first-order valence-electron chi connectivity index (χ1n) is 5.95. The van der Waals surface area contributed by atoms with Crippen LogP contribution in [0.5, 0.6) is 11.6 Å². The fraction of sp³-hybridized carbons (Fsp3) is 0.214. The number of aryl methyl sites for hydroxylation is 2. The van der Waals surface area contributed by atoms with Crippen LogP contribution in [0.2, 0.25) is 0 Å². The Hall–Kier alpha value is -1.95. The van der Waals surface area contributed by atoms with E-state index in [1.54, 1.807) is 19.2 Å². The maximum Gasteiger partial charge on any atom is 0.312 e. The molecule has 0 saturated carbocycles. The zero-order chi connectivity index (χ0) is 14.7. The van der Waals surface area contributed by atoms with E-state index < -0.39 is 4.92 Å². The molecule has 0 aliphatic carbocycles. The Morgan fingerprint density at radius 1 is 1.35 bits per heavy atom. The van der Waals surface area contributed by atoms with E-state index in [1.165, 1.54) is 6.07 Å². The van der Waals surface area contributed by atoms with Gasteiger partial charge in [0.15, 0.2) is 0 Å². The third-order valence-electron chi connectivity index (χ3n) is 2.75. The molecule has 0 saturated heterocycles. The number of ether oxygens (including phenoxy) is 1. The monoisotopic (exact) mass is 336 g/mol. The number of alkyl halides is 1. The molecule has 104 valence electrons. The number of nitro benzene ring substituents is 1. The summed E-state index contributed by atoms with van der Waals surface area (Å²) in [6.07, 6.45) is 1.67. The highest BCUT2D eigenvalue weighted by molar-refractivity contribution is 9.08. The topological polar surface area (TPSA) is 65.3 Å². The highest BCUT2D eigenvalue weighted by Gasteiger charge is 2.19. The summed E-state index contributed by atoms with van der Waals surface area (Å²) in [7, 11) is 0. The quantitative estimate of drug-likeness (QED) is 0.474. The SMILES string of the molecule is Cc1cc(C)c(Oc2ccc(CBr)cn2)c([N+](=O)[O-])c1. The molecule has 0 atom stereocenters. The van der Waals surface area contributed by atoms with E-state index in [2.05, 4.69) is 20.9 Å². The van der Waals surface area contributed by atoms with Crippen molar-refractivity contribution in [3.63, 3.8) is 0 Å². The molecule has 0 aliphatic rings. The lowest BCUT2D eigenvalue weighted by Crippen LogP contribution is -1.98. The Balaban J connectivity index is 2.39. The van der Waals surface area contributed by atoms with Crippen LogP contribution in [-0.4, -0.2) is 9.91 Å². The normalized spacial score (nSPS) is 10.3. The van der Waals surface area contributed by atoms with Gasteiger partial charge in [-0.3, -0.25) is 10.1 Å². The van der Waals surface area contributed by atoms with E-state index in [4.69, 9.17) is 4.74 Å². The molecule has 0 spiro atoms. The highest BCUT2D eigenvalue weighted by Crippen LogP contribution is 2.35. The van der Waals surface area contributed by atoms with Crippen molar-refractivity contribution in [2.24, 2.45) is 0 Å². The van der Waals surface area contributed by atoms with E-state index in [9.17, 15) is 10.1 Å². The van der Waals surface area contributed by atoms with Crippen LogP contribution < -0.4 is 4.74 Å². The molecule has 0 fully saturated rings. The van der Waals surface area contributed by atoms with Crippen molar-refractivity contribution in [2.75, 3.05) is 0 Å². The number of pyridine rings is 1. The molecule has 0 radical (unpaired) electrons. The van der Waals surface area contributed by atoms with Crippen LogP contribution in [-0.2, 0) is 5.33 Å². The molecular formula is C14H13BrN2O3. The Morgan fingerprint density at radius 2 is 2.10 bits per heavy atom. The molecule has 1 heterocycles. The van der Waals surface area contributed by atoms with Gasteiger partial charge in [0.2, 0.25) is 11.6 Å². The molecular weight excluding hydrogens is 324 g/mol. The predicted octanol–water partition coefficient (Wildman–Crippen LogP) is 4.29. The summed E-state index contributed by atoms with van der Waals surface area (Å²) in [5.41, 5.74) is 2.49. The minimum Gasteiger partial charge on any atom is -0.432 e. The fourth-order valence-corrected chi connectivity index (χ4v) is 2.19. The number of aromatic nitrogens is 1. The van der Waals surface area contributed by atoms with Gasteiger partial charge >= 0.3 is 5.69 Å². The molecule has 6 heteroatoms. The molecule has 0 bridgehead atoms. The number of hydrogen-bond acceptors (Lipinski definition) is 4. The summed E-state index contributed by atoms with van der Waals surface area (Å²) in [5, 5.41) is 11.8. The first-order chi connectivity index (χ1) is 9.51. The average Bonchev–Trinajstić information content (AvgIpc) is 2.42. The standard InChI is InChI=1S/C14H13BrN2O3/c1-9-5-10(2)14(12(6-9)17(18)19)20-13-4-3-11(7-15)8-16-13/h3-6,8H,7H2,1-2H3. The molecule has 0 N–H and O–H groups in total. The van der Waals surface area contributed by atoms with Crippen molar-refractivity contribution in [3.8, 4) is 11.6 Å². The van der Waals surface area contributed by atoms with Crippen molar-refractivity contribution < 1.29 is 9.66 Å². The summed E-state index contributed by atoms with van der Waals surface area (Å²) in [5.74, 6) is 0.574. The lowest BCUT2D eigenvalue weighted by Gasteiger charge is -2.09. The van der Waals surface area contributed by atoms with E-state index in [-0.39, 0.29) is 11.4 Å². The molecule has 0 amide bonds. The van der Waals surface area contributed by atoms with Gasteiger partial charge in [-0.15, -0.1) is 0 Å². The molecule has 1 aromatic heterocycles. The molecule has 2 rings (SSSR count). The average molecular weight is 337 g/mol. The van der Waals surface area contributed by atoms with Gasteiger partial charge in [-0.05, 0) is 30.5 Å². The van der Waals surface area contributed by atoms with Gasteiger partial charge in [-0.2, -0.15) is 0 Å². The lowest BCUT2D eigenvalue weighted by atomic mass is 10.1. The van der Waals surface area contributed by atoms with Crippen molar-refractivity contribution in [1.82, 2.24) is 4.98 Å². The van der Waals surface area contributed by atoms with Gasteiger partial charge in [0, 0.05) is 23.7 Å².